The van der Waals surface area contributed by atoms with E-state index in [4.69, 9.17) is 16.3 Å². The first-order valence-corrected chi connectivity index (χ1v) is 9.40. The highest BCUT2D eigenvalue weighted by Gasteiger charge is 2.28. The molecule has 4 rings (SSSR count). The molecule has 0 N–H and O–H groups in total. The molecule has 1 aromatic heterocycles. The van der Waals surface area contributed by atoms with E-state index >= 15 is 0 Å². The molecule has 0 atom stereocenters. The molecule has 0 unspecified atom stereocenters. The number of aromatic nitrogens is 2. The van der Waals surface area contributed by atoms with Crippen molar-refractivity contribution in [3.05, 3.63) is 41.4 Å². The predicted octanol–water partition coefficient (Wildman–Crippen LogP) is 4.16. The van der Waals surface area contributed by atoms with E-state index < -0.39 is 0 Å². The second-order valence-electron chi connectivity index (χ2n) is 6.89. The van der Waals surface area contributed by atoms with E-state index in [-0.39, 0.29) is 5.82 Å². The van der Waals surface area contributed by atoms with E-state index in [2.05, 4.69) is 14.5 Å². The predicted molar refractivity (Wildman–Crippen MR) is 96.3 cm³/mol. The molecule has 2 fully saturated rings. The van der Waals surface area contributed by atoms with Crippen LogP contribution in [0.25, 0.3) is 11.4 Å². The van der Waals surface area contributed by atoms with Crippen molar-refractivity contribution in [1.82, 2.24) is 14.5 Å². The smallest absolute Gasteiger partial charge is 0.141 e. The molecule has 2 saturated heterocycles. The first-order valence-electron chi connectivity index (χ1n) is 9.02. The number of benzene rings is 1. The van der Waals surface area contributed by atoms with Crippen LogP contribution in [-0.4, -0.2) is 46.8 Å². The molecule has 0 saturated carbocycles. The highest BCUT2D eigenvalue weighted by Crippen LogP contribution is 2.33. The molecular formula is C19H23ClFN3O. The summed E-state index contributed by atoms with van der Waals surface area (Å²) in [5.74, 6) is 0.506. The highest BCUT2D eigenvalue weighted by molar-refractivity contribution is 6.33. The van der Waals surface area contributed by atoms with E-state index in [1.54, 1.807) is 12.3 Å². The Hall–Kier alpha value is -1.43. The van der Waals surface area contributed by atoms with Crippen molar-refractivity contribution in [2.24, 2.45) is 0 Å². The van der Waals surface area contributed by atoms with Gasteiger partial charge in [0.1, 0.15) is 11.6 Å². The zero-order chi connectivity index (χ0) is 17.2. The van der Waals surface area contributed by atoms with Gasteiger partial charge in [0.25, 0.3) is 0 Å². The third-order valence-electron chi connectivity index (χ3n) is 5.44. The lowest BCUT2D eigenvalue weighted by molar-refractivity contribution is 0.0220. The first kappa shape index (κ1) is 17.0. The van der Waals surface area contributed by atoms with Gasteiger partial charge in [-0.3, -0.25) is 0 Å². The molecule has 1 aromatic carbocycles. The molecule has 6 heteroatoms. The molecule has 0 spiro atoms. The lowest BCUT2D eigenvalue weighted by atomic mass is 9.99. The maximum absolute atomic E-state index is 13.3. The van der Waals surface area contributed by atoms with Gasteiger partial charge in [-0.25, -0.2) is 9.37 Å². The van der Waals surface area contributed by atoms with Gasteiger partial charge in [-0.05, 0) is 43.9 Å². The lowest BCUT2D eigenvalue weighted by Crippen LogP contribution is -2.44. The Kier molecular flexibility index (Phi) is 5.06. The van der Waals surface area contributed by atoms with Crippen LogP contribution in [-0.2, 0) is 4.74 Å². The van der Waals surface area contributed by atoms with Crippen molar-refractivity contribution in [3.8, 4) is 11.4 Å². The van der Waals surface area contributed by atoms with Crippen LogP contribution in [0, 0.1) is 5.82 Å². The Bertz CT molecular complexity index is 721. The fraction of sp³-hybridized carbons (Fsp3) is 0.526. The van der Waals surface area contributed by atoms with Crippen LogP contribution < -0.4 is 0 Å². The fourth-order valence-corrected chi connectivity index (χ4v) is 4.32. The van der Waals surface area contributed by atoms with Crippen molar-refractivity contribution >= 4 is 11.6 Å². The molecule has 0 aliphatic carbocycles. The quantitative estimate of drug-likeness (QED) is 0.820. The van der Waals surface area contributed by atoms with E-state index in [0.29, 0.717) is 17.1 Å². The standard InChI is InChI=1S/C19H23ClFN3O/c20-18-13-14(21)1-2-17(18)19-22-7-10-24(19)16-3-8-23(9-4-16)15-5-11-25-12-6-15/h1-2,7,10,13,15-16H,3-6,8-9,11-12H2. The van der Waals surface area contributed by atoms with Gasteiger partial charge in [0.15, 0.2) is 0 Å². The van der Waals surface area contributed by atoms with Gasteiger partial charge < -0.3 is 14.2 Å². The van der Waals surface area contributed by atoms with Gasteiger partial charge in [-0.2, -0.15) is 0 Å². The van der Waals surface area contributed by atoms with Crippen LogP contribution in [0.15, 0.2) is 30.6 Å². The Labute approximate surface area is 152 Å². The average molecular weight is 364 g/mol. The third kappa shape index (κ3) is 3.59. The van der Waals surface area contributed by atoms with Gasteiger partial charge >= 0.3 is 0 Å². The maximum atomic E-state index is 13.3. The molecule has 0 amide bonds. The Balaban J connectivity index is 1.48. The Morgan fingerprint density at radius 2 is 1.84 bits per heavy atom. The van der Waals surface area contributed by atoms with Crippen LogP contribution in [0.2, 0.25) is 5.02 Å². The van der Waals surface area contributed by atoms with E-state index in [0.717, 1.165) is 63.4 Å². The summed E-state index contributed by atoms with van der Waals surface area (Å²) >= 11 is 6.24. The highest BCUT2D eigenvalue weighted by atomic mass is 35.5. The van der Waals surface area contributed by atoms with Crippen molar-refractivity contribution in [2.45, 2.75) is 37.8 Å². The summed E-state index contributed by atoms with van der Waals surface area (Å²) in [6, 6.07) is 5.59. The topological polar surface area (TPSA) is 30.3 Å². The number of ether oxygens (including phenoxy) is 1. The van der Waals surface area contributed by atoms with Crippen LogP contribution in [0.3, 0.4) is 0 Å². The number of piperidine rings is 1. The van der Waals surface area contributed by atoms with Crippen LogP contribution >= 0.6 is 11.6 Å². The summed E-state index contributed by atoms with van der Waals surface area (Å²) in [4.78, 5) is 7.10. The number of halogens is 2. The van der Waals surface area contributed by atoms with Crippen LogP contribution in [0.4, 0.5) is 4.39 Å². The maximum Gasteiger partial charge on any atom is 0.141 e. The van der Waals surface area contributed by atoms with Crippen LogP contribution in [0.1, 0.15) is 31.7 Å². The minimum atomic E-state index is -0.323. The number of rotatable bonds is 3. The molecule has 4 nitrogen and oxygen atoms in total. The van der Waals surface area contributed by atoms with Crippen molar-refractivity contribution < 1.29 is 9.13 Å². The number of hydrogen-bond acceptors (Lipinski definition) is 3. The summed E-state index contributed by atoms with van der Waals surface area (Å²) in [6.07, 6.45) is 8.31. The minimum Gasteiger partial charge on any atom is -0.381 e. The second kappa shape index (κ2) is 7.44. The monoisotopic (exact) mass is 363 g/mol. The van der Waals surface area contributed by atoms with E-state index in [9.17, 15) is 4.39 Å². The van der Waals surface area contributed by atoms with Crippen molar-refractivity contribution in [3.63, 3.8) is 0 Å². The van der Waals surface area contributed by atoms with Crippen molar-refractivity contribution in [1.29, 1.82) is 0 Å². The van der Waals surface area contributed by atoms with E-state index in [1.165, 1.54) is 12.1 Å². The van der Waals surface area contributed by atoms with Gasteiger partial charge in [0.05, 0.1) is 5.02 Å². The molecule has 2 aliphatic heterocycles. The lowest BCUT2D eigenvalue weighted by Gasteiger charge is -2.39. The zero-order valence-electron chi connectivity index (χ0n) is 14.2. The first-order chi connectivity index (χ1) is 12.2. The van der Waals surface area contributed by atoms with Gasteiger partial charge in [0, 0.05) is 56.3 Å². The molecule has 3 heterocycles. The summed E-state index contributed by atoms with van der Waals surface area (Å²) in [6.45, 7) is 3.98. The number of imidazole rings is 1. The molecule has 0 radical (unpaired) electrons. The summed E-state index contributed by atoms with van der Waals surface area (Å²) < 4.78 is 21.0. The fourth-order valence-electron chi connectivity index (χ4n) is 4.07. The normalized spacial score (nSPS) is 20.9. The average Bonchev–Trinajstić information content (AvgIpc) is 3.12. The third-order valence-corrected chi connectivity index (χ3v) is 5.75. The largest absolute Gasteiger partial charge is 0.381 e. The summed E-state index contributed by atoms with van der Waals surface area (Å²) in [5.41, 5.74) is 0.792. The number of likely N-dealkylation sites (tertiary alicyclic amines) is 1. The SMILES string of the molecule is Fc1ccc(-c2nccn2C2CCN(C3CCOCC3)CC2)c(Cl)c1. The Morgan fingerprint density at radius 1 is 1.08 bits per heavy atom. The molecule has 2 aliphatic rings. The zero-order valence-corrected chi connectivity index (χ0v) is 15.0. The second-order valence-corrected chi connectivity index (χ2v) is 7.30. The minimum absolute atomic E-state index is 0.323. The number of hydrogen-bond donors (Lipinski definition) is 0. The molecule has 25 heavy (non-hydrogen) atoms. The Morgan fingerprint density at radius 3 is 2.56 bits per heavy atom. The van der Waals surface area contributed by atoms with Gasteiger partial charge in [-0.15, -0.1) is 0 Å². The van der Waals surface area contributed by atoms with Gasteiger partial charge in [-0.1, -0.05) is 11.6 Å². The molecule has 2 aromatic rings. The summed E-state index contributed by atoms with van der Waals surface area (Å²) in [5, 5.41) is 0.409. The molecule has 134 valence electrons. The summed E-state index contributed by atoms with van der Waals surface area (Å²) in [7, 11) is 0. The molecule has 0 bridgehead atoms. The van der Waals surface area contributed by atoms with Crippen molar-refractivity contribution in [2.75, 3.05) is 26.3 Å². The number of nitrogens with zero attached hydrogens (tertiary/aromatic N) is 3. The molecular weight excluding hydrogens is 341 g/mol. The van der Waals surface area contributed by atoms with E-state index in [1.807, 2.05) is 6.20 Å². The van der Waals surface area contributed by atoms with Crippen LogP contribution in [0.5, 0.6) is 0 Å². The van der Waals surface area contributed by atoms with Gasteiger partial charge in [0.2, 0.25) is 0 Å².